The second kappa shape index (κ2) is 2.70. The Hall–Kier alpha value is -0.410. The van der Waals surface area contributed by atoms with Crippen LogP contribution in [0.2, 0.25) is 0 Å². The van der Waals surface area contributed by atoms with Gasteiger partial charge in [0.1, 0.15) is 5.78 Å². The summed E-state index contributed by atoms with van der Waals surface area (Å²) < 4.78 is 11.6. The van der Waals surface area contributed by atoms with Gasteiger partial charge in [-0.1, -0.05) is 6.92 Å². The molecule has 0 aromatic carbocycles. The van der Waals surface area contributed by atoms with Gasteiger partial charge in [0.25, 0.3) is 0 Å². The van der Waals surface area contributed by atoms with Crippen LogP contribution in [0.15, 0.2) is 0 Å². The molecule has 4 fully saturated rings. The Labute approximate surface area is 95.5 Å². The first-order valence-electron chi connectivity index (χ1n) is 6.46. The molecule has 4 aliphatic rings. The zero-order chi connectivity index (χ0) is 11.0. The third-order valence-corrected chi connectivity index (χ3v) is 5.42. The van der Waals surface area contributed by atoms with Crippen molar-refractivity contribution in [1.82, 2.24) is 0 Å². The molecule has 1 spiro atoms. The van der Waals surface area contributed by atoms with Crippen molar-refractivity contribution in [3.63, 3.8) is 0 Å². The maximum absolute atomic E-state index is 12.1. The molecule has 0 unspecified atom stereocenters. The van der Waals surface area contributed by atoms with Crippen molar-refractivity contribution in [2.24, 2.45) is 23.2 Å². The first-order valence-corrected chi connectivity index (χ1v) is 6.46. The van der Waals surface area contributed by atoms with Gasteiger partial charge in [-0.25, -0.2) is 0 Å². The smallest absolute Gasteiger partial charge is 0.169 e. The average Bonchev–Trinajstić information content (AvgIpc) is 2.91. The lowest BCUT2D eigenvalue weighted by Gasteiger charge is -2.45. The molecule has 0 amide bonds. The highest BCUT2D eigenvalue weighted by atomic mass is 16.7. The number of Topliss-reactive ketones (excluding diaryl/α,β-unsaturated/α-hetero) is 1. The highest BCUT2D eigenvalue weighted by Gasteiger charge is 2.69. The van der Waals surface area contributed by atoms with Crippen LogP contribution in [-0.2, 0) is 14.3 Å². The van der Waals surface area contributed by atoms with Crippen molar-refractivity contribution >= 4 is 5.78 Å². The van der Waals surface area contributed by atoms with Crippen molar-refractivity contribution < 1.29 is 14.3 Å². The van der Waals surface area contributed by atoms with Crippen LogP contribution in [-0.4, -0.2) is 24.8 Å². The third-order valence-electron chi connectivity index (χ3n) is 5.42. The number of carbonyl (C=O) groups excluding carboxylic acids is 1. The first kappa shape index (κ1) is 9.60. The minimum Gasteiger partial charge on any atom is -0.348 e. The van der Waals surface area contributed by atoms with Crippen LogP contribution < -0.4 is 0 Å². The van der Waals surface area contributed by atoms with E-state index >= 15 is 0 Å². The SMILES string of the molecule is C[C@@]12CC3(CC[C@H]1C(=O)[C@H]1C[C@H]12)OCCO3. The summed E-state index contributed by atoms with van der Waals surface area (Å²) in [5, 5.41) is 0. The fourth-order valence-corrected chi connectivity index (χ4v) is 4.58. The van der Waals surface area contributed by atoms with Crippen LogP contribution in [0.4, 0.5) is 0 Å². The molecular formula is C13H18O3. The van der Waals surface area contributed by atoms with Crippen LogP contribution >= 0.6 is 0 Å². The molecule has 3 heteroatoms. The van der Waals surface area contributed by atoms with E-state index in [1.165, 1.54) is 0 Å². The Morgan fingerprint density at radius 2 is 2.06 bits per heavy atom. The second-order valence-electron chi connectivity index (χ2n) is 6.23. The van der Waals surface area contributed by atoms with Gasteiger partial charge in [-0.15, -0.1) is 0 Å². The molecule has 0 aromatic rings. The summed E-state index contributed by atoms with van der Waals surface area (Å²) in [6.07, 6.45) is 3.96. The lowest BCUT2D eigenvalue weighted by Crippen LogP contribution is -2.46. The van der Waals surface area contributed by atoms with Gasteiger partial charge in [0.05, 0.1) is 13.2 Å². The second-order valence-corrected chi connectivity index (χ2v) is 6.23. The lowest BCUT2D eigenvalue weighted by molar-refractivity contribution is -0.210. The summed E-state index contributed by atoms with van der Waals surface area (Å²) in [5.41, 5.74) is 0.171. The van der Waals surface area contributed by atoms with Crippen molar-refractivity contribution in [2.45, 2.75) is 38.4 Å². The molecule has 88 valence electrons. The van der Waals surface area contributed by atoms with Gasteiger partial charge in [0.15, 0.2) is 5.79 Å². The molecule has 0 bridgehead atoms. The van der Waals surface area contributed by atoms with Crippen LogP contribution in [0.1, 0.15) is 32.6 Å². The summed E-state index contributed by atoms with van der Waals surface area (Å²) in [6, 6.07) is 0. The molecule has 1 saturated heterocycles. The molecule has 1 aliphatic heterocycles. The summed E-state index contributed by atoms with van der Waals surface area (Å²) in [4.78, 5) is 12.1. The van der Waals surface area contributed by atoms with E-state index in [2.05, 4.69) is 6.92 Å². The molecule has 0 N–H and O–H groups in total. The van der Waals surface area contributed by atoms with Crippen molar-refractivity contribution in [3.8, 4) is 0 Å². The molecule has 16 heavy (non-hydrogen) atoms. The Morgan fingerprint density at radius 3 is 2.81 bits per heavy atom. The van der Waals surface area contributed by atoms with Crippen molar-refractivity contribution in [1.29, 1.82) is 0 Å². The van der Waals surface area contributed by atoms with Gasteiger partial charge in [0.2, 0.25) is 0 Å². The zero-order valence-electron chi connectivity index (χ0n) is 9.70. The number of hydrogen-bond acceptors (Lipinski definition) is 3. The third kappa shape index (κ3) is 0.992. The molecular weight excluding hydrogens is 204 g/mol. The summed E-state index contributed by atoms with van der Waals surface area (Å²) in [6.45, 7) is 3.74. The number of hydrogen-bond donors (Lipinski definition) is 0. The van der Waals surface area contributed by atoms with Crippen LogP contribution in [0.5, 0.6) is 0 Å². The van der Waals surface area contributed by atoms with Crippen LogP contribution in [0.3, 0.4) is 0 Å². The topological polar surface area (TPSA) is 35.5 Å². The largest absolute Gasteiger partial charge is 0.348 e. The maximum atomic E-state index is 12.1. The van der Waals surface area contributed by atoms with E-state index < -0.39 is 0 Å². The summed E-state index contributed by atoms with van der Waals surface area (Å²) in [5.74, 6) is 1.54. The van der Waals surface area contributed by atoms with E-state index in [0.717, 1.165) is 38.9 Å². The van der Waals surface area contributed by atoms with Gasteiger partial charge in [-0.3, -0.25) is 4.79 Å². The fraction of sp³-hybridized carbons (Fsp3) is 0.923. The number of ether oxygens (including phenoxy) is 2. The molecule has 4 atom stereocenters. The van der Waals surface area contributed by atoms with Crippen LogP contribution in [0.25, 0.3) is 0 Å². The normalized spacial score (nSPS) is 52.8. The predicted molar refractivity (Wildman–Crippen MR) is 56.7 cm³/mol. The standard InChI is InChI=1S/C13H18O3/c1-12-7-13(15-4-5-16-13)3-2-9(12)11(14)8-6-10(8)12/h8-10H,2-7H2,1H3/t8-,9-,10+,12+/m0/s1. The van der Waals surface area contributed by atoms with Crippen molar-refractivity contribution in [2.75, 3.05) is 13.2 Å². The Balaban J connectivity index is 1.68. The molecule has 3 aliphatic carbocycles. The van der Waals surface area contributed by atoms with Gasteiger partial charge in [0, 0.05) is 24.7 Å². The number of rotatable bonds is 0. The fourth-order valence-electron chi connectivity index (χ4n) is 4.58. The van der Waals surface area contributed by atoms with E-state index in [-0.39, 0.29) is 11.2 Å². The van der Waals surface area contributed by atoms with E-state index in [9.17, 15) is 4.79 Å². The van der Waals surface area contributed by atoms with Crippen LogP contribution in [0, 0.1) is 23.2 Å². The van der Waals surface area contributed by atoms with Gasteiger partial charge in [-0.2, -0.15) is 0 Å². The first-order chi connectivity index (χ1) is 7.65. The number of carbonyl (C=O) groups is 1. The van der Waals surface area contributed by atoms with E-state index in [1.807, 2.05) is 0 Å². The van der Waals surface area contributed by atoms with E-state index in [0.29, 0.717) is 23.5 Å². The average molecular weight is 222 g/mol. The van der Waals surface area contributed by atoms with Gasteiger partial charge >= 0.3 is 0 Å². The predicted octanol–water partition coefficient (Wildman–Crippen LogP) is 1.75. The molecule has 4 rings (SSSR count). The highest BCUT2D eigenvalue weighted by Crippen LogP contribution is 2.68. The Bertz CT molecular complexity index is 358. The molecule has 0 aromatic heterocycles. The number of ketones is 1. The minimum absolute atomic E-state index is 0.171. The number of fused-ring (bicyclic) bond motifs is 3. The highest BCUT2D eigenvalue weighted by molar-refractivity contribution is 5.90. The quantitative estimate of drug-likeness (QED) is 0.626. The van der Waals surface area contributed by atoms with Gasteiger partial charge < -0.3 is 9.47 Å². The van der Waals surface area contributed by atoms with E-state index in [4.69, 9.17) is 9.47 Å². The van der Waals surface area contributed by atoms with Crippen molar-refractivity contribution in [3.05, 3.63) is 0 Å². The molecule has 3 nitrogen and oxygen atoms in total. The Morgan fingerprint density at radius 1 is 1.31 bits per heavy atom. The maximum Gasteiger partial charge on any atom is 0.169 e. The Kier molecular flexibility index (Phi) is 1.62. The molecule has 0 radical (unpaired) electrons. The van der Waals surface area contributed by atoms with E-state index in [1.54, 1.807) is 0 Å². The summed E-state index contributed by atoms with van der Waals surface area (Å²) in [7, 11) is 0. The molecule has 1 heterocycles. The monoisotopic (exact) mass is 222 g/mol. The van der Waals surface area contributed by atoms with Gasteiger partial charge in [-0.05, 0) is 24.2 Å². The minimum atomic E-state index is -0.330. The molecule has 3 saturated carbocycles. The lowest BCUT2D eigenvalue weighted by atomic mass is 9.64. The zero-order valence-corrected chi connectivity index (χ0v) is 9.70. The summed E-state index contributed by atoms with van der Waals surface area (Å²) >= 11 is 0.